The van der Waals surface area contributed by atoms with Crippen LogP contribution in [0.25, 0.3) is 0 Å². The molecule has 0 bridgehead atoms. The van der Waals surface area contributed by atoms with E-state index in [1.807, 2.05) is 6.92 Å². The van der Waals surface area contributed by atoms with Gasteiger partial charge < -0.3 is 5.32 Å². The highest BCUT2D eigenvalue weighted by molar-refractivity contribution is 7.92. The predicted octanol–water partition coefficient (Wildman–Crippen LogP) is 5.39. The van der Waals surface area contributed by atoms with Crippen molar-refractivity contribution in [3.8, 4) is 0 Å². The first-order chi connectivity index (χ1) is 14.3. The molecule has 1 aliphatic heterocycles. The number of hydrogen-bond acceptors (Lipinski definition) is 3. The Morgan fingerprint density at radius 2 is 1.77 bits per heavy atom. The lowest BCUT2D eigenvalue weighted by Crippen LogP contribution is -2.35. The van der Waals surface area contributed by atoms with Crippen molar-refractivity contribution in [3.05, 3.63) is 87.9 Å². The van der Waals surface area contributed by atoms with E-state index in [1.165, 1.54) is 4.31 Å². The second-order valence-corrected chi connectivity index (χ2v) is 9.75. The van der Waals surface area contributed by atoms with Crippen molar-refractivity contribution in [2.75, 3.05) is 9.62 Å². The predicted molar refractivity (Wildman–Crippen MR) is 120 cm³/mol. The number of anilines is 2. The van der Waals surface area contributed by atoms with Crippen LogP contribution in [0.4, 0.5) is 11.4 Å². The lowest BCUT2D eigenvalue weighted by molar-refractivity contribution is 0.102. The summed E-state index contributed by atoms with van der Waals surface area (Å²) in [6.07, 6.45) is 0.518. The maximum absolute atomic E-state index is 13.2. The number of amides is 1. The van der Waals surface area contributed by atoms with Gasteiger partial charge in [-0.1, -0.05) is 41.4 Å². The third kappa shape index (κ3) is 3.78. The number of carbonyl (C=O) groups excluding carboxylic acids is 1. The molecule has 0 saturated carbocycles. The summed E-state index contributed by atoms with van der Waals surface area (Å²) in [6, 6.07) is 17.9. The summed E-state index contributed by atoms with van der Waals surface area (Å²) in [7, 11) is -3.69. The Morgan fingerprint density at radius 1 is 1.03 bits per heavy atom. The number of sulfonamides is 1. The van der Waals surface area contributed by atoms with Gasteiger partial charge in [0.05, 0.1) is 21.3 Å². The summed E-state index contributed by atoms with van der Waals surface area (Å²) in [5, 5.41) is 3.58. The molecule has 1 aliphatic rings. The molecule has 1 heterocycles. The third-order valence-corrected chi connectivity index (χ3v) is 7.46. The maximum atomic E-state index is 13.2. The molecule has 5 nitrogen and oxygen atoms in total. The number of fused-ring (bicyclic) bond motifs is 1. The van der Waals surface area contributed by atoms with Gasteiger partial charge in [-0.05, 0) is 67.4 Å². The van der Waals surface area contributed by atoms with E-state index in [9.17, 15) is 13.2 Å². The minimum absolute atomic E-state index is 0.240. The molecule has 0 fully saturated rings. The highest BCUT2D eigenvalue weighted by Gasteiger charge is 2.36. The Balaban J connectivity index is 1.63. The SMILES string of the molecule is C[C@@H]1Cc2cc(C(=O)Nc3ccc(Cl)cc3Cl)ccc2N1S(=O)(=O)c1ccccc1. The van der Waals surface area contributed by atoms with E-state index in [-0.39, 0.29) is 16.8 Å². The first kappa shape index (κ1) is 20.7. The smallest absolute Gasteiger partial charge is 0.264 e. The van der Waals surface area contributed by atoms with E-state index in [2.05, 4.69) is 5.32 Å². The van der Waals surface area contributed by atoms with Crippen LogP contribution in [0.1, 0.15) is 22.8 Å². The molecule has 8 heteroatoms. The minimum atomic E-state index is -3.69. The Morgan fingerprint density at radius 3 is 2.47 bits per heavy atom. The second kappa shape index (κ2) is 7.95. The van der Waals surface area contributed by atoms with Crippen molar-refractivity contribution in [1.82, 2.24) is 0 Å². The fourth-order valence-corrected chi connectivity index (χ4v) is 5.77. The molecule has 30 heavy (non-hydrogen) atoms. The van der Waals surface area contributed by atoms with Crippen LogP contribution >= 0.6 is 23.2 Å². The molecule has 0 radical (unpaired) electrons. The van der Waals surface area contributed by atoms with Crippen molar-refractivity contribution in [1.29, 1.82) is 0 Å². The number of halogens is 2. The molecule has 3 aromatic carbocycles. The molecule has 0 spiro atoms. The molecule has 154 valence electrons. The number of hydrogen-bond donors (Lipinski definition) is 1. The lowest BCUT2D eigenvalue weighted by Gasteiger charge is -2.24. The van der Waals surface area contributed by atoms with E-state index in [0.717, 1.165) is 5.56 Å². The molecule has 0 aliphatic carbocycles. The van der Waals surface area contributed by atoms with Crippen LogP contribution < -0.4 is 9.62 Å². The molecule has 0 saturated heterocycles. The van der Waals surface area contributed by atoms with E-state index >= 15 is 0 Å². The molecule has 1 N–H and O–H groups in total. The molecule has 4 rings (SSSR count). The van der Waals surface area contributed by atoms with Gasteiger partial charge in [0, 0.05) is 16.6 Å². The van der Waals surface area contributed by atoms with Crippen molar-refractivity contribution >= 4 is 50.5 Å². The number of nitrogens with zero attached hydrogens (tertiary/aromatic N) is 1. The van der Waals surface area contributed by atoms with Crippen molar-refractivity contribution in [2.24, 2.45) is 0 Å². The molecule has 0 unspecified atom stereocenters. The molecule has 3 aromatic rings. The minimum Gasteiger partial charge on any atom is -0.321 e. The largest absolute Gasteiger partial charge is 0.321 e. The monoisotopic (exact) mass is 460 g/mol. The van der Waals surface area contributed by atoms with Crippen molar-refractivity contribution in [3.63, 3.8) is 0 Å². The summed E-state index contributed by atoms with van der Waals surface area (Å²) < 4.78 is 27.7. The average molecular weight is 461 g/mol. The van der Waals surface area contributed by atoms with Gasteiger partial charge in [-0.3, -0.25) is 9.10 Å². The van der Waals surface area contributed by atoms with Gasteiger partial charge in [-0.2, -0.15) is 0 Å². The van der Waals surface area contributed by atoms with Crippen LogP contribution in [0.5, 0.6) is 0 Å². The van der Waals surface area contributed by atoms with Gasteiger partial charge >= 0.3 is 0 Å². The zero-order valence-corrected chi connectivity index (χ0v) is 18.3. The highest BCUT2D eigenvalue weighted by Crippen LogP contribution is 2.37. The number of carbonyl (C=O) groups is 1. The zero-order chi connectivity index (χ0) is 21.5. The quantitative estimate of drug-likeness (QED) is 0.567. The number of benzene rings is 3. The van der Waals surface area contributed by atoms with Gasteiger partial charge in [0.2, 0.25) is 0 Å². The Bertz CT molecular complexity index is 1230. The summed E-state index contributed by atoms with van der Waals surface area (Å²) in [4.78, 5) is 12.9. The van der Waals surface area contributed by atoms with Gasteiger partial charge in [0.25, 0.3) is 15.9 Å². The van der Waals surface area contributed by atoms with Crippen LogP contribution in [0, 0.1) is 0 Å². The van der Waals surface area contributed by atoms with E-state index in [0.29, 0.717) is 33.4 Å². The molecular formula is C22H18Cl2N2O3S. The van der Waals surface area contributed by atoms with Gasteiger partial charge in [0.15, 0.2) is 0 Å². The first-order valence-corrected chi connectivity index (χ1v) is 11.5. The Hall–Kier alpha value is -2.54. The normalized spacial score (nSPS) is 15.7. The number of rotatable bonds is 4. The van der Waals surface area contributed by atoms with Gasteiger partial charge in [-0.25, -0.2) is 8.42 Å². The molecular weight excluding hydrogens is 443 g/mol. The molecule has 0 aromatic heterocycles. The van der Waals surface area contributed by atoms with Gasteiger partial charge in [0.1, 0.15) is 0 Å². The van der Waals surface area contributed by atoms with Crippen LogP contribution in [0.15, 0.2) is 71.6 Å². The second-order valence-electron chi connectivity index (χ2n) is 7.09. The Kier molecular flexibility index (Phi) is 5.49. The third-order valence-electron chi connectivity index (χ3n) is 4.97. The average Bonchev–Trinajstić information content (AvgIpc) is 3.06. The molecule has 1 amide bonds. The highest BCUT2D eigenvalue weighted by atomic mass is 35.5. The van der Waals surface area contributed by atoms with Crippen LogP contribution in [-0.4, -0.2) is 20.4 Å². The van der Waals surface area contributed by atoms with Gasteiger partial charge in [-0.15, -0.1) is 0 Å². The summed E-state index contributed by atoms with van der Waals surface area (Å²) in [5.74, 6) is -0.334. The summed E-state index contributed by atoms with van der Waals surface area (Å²) >= 11 is 12.0. The fraction of sp³-hybridized carbons (Fsp3) is 0.136. The van der Waals surface area contributed by atoms with Crippen LogP contribution in [0.3, 0.4) is 0 Å². The van der Waals surface area contributed by atoms with E-state index < -0.39 is 10.0 Å². The zero-order valence-electron chi connectivity index (χ0n) is 16.0. The summed E-state index contributed by atoms with van der Waals surface area (Å²) in [6.45, 7) is 1.85. The number of nitrogens with one attached hydrogen (secondary N) is 1. The maximum Gasteiger partial charge on any atom is 0.264 e. The van der Waals surface area contributed by atoms with Crippen LogP contribution in [-0.2, 0) is 16.4 Å². The fourth-order valence-electron chi connectivity index (χ4n) is 3.60. The first-order valence-electron chi connectivity index (χ1n) is 9.26. The lowest BCUT2D eigenvalue weighted by atomic mass is 10.1. The van der Waals surface area contributed by atoms with Crippen LogP contribution in [0.2, 0.25) is 10.0 Å². The topological polar surface area (TPSA) is 66.5 Å². The molecule has 1 atom stereocenters. The standard InChI is InChI=1S/C22H18Cl2N2O3S/c1-14-11-16-12-15(22(27)25-20-9-8-17(23)13-19(20)24)7-10-21(16)26(14)30(28,29)18-5-3-2-4-6-18/h2-10,12-14H,11H2,1H3,(H,25,27)/t14-/m1/s1. The van der Waals surface area contributed by atoms with E-state index in [4.69, 9.17) is 23.2 Å². The summed E-state index contributed by atoms with van der Waals surface area (Å²) in [5.41, 5.74) is 2.27. The Labute approximate surface area is 185 Å². The van der Waals surface area contributed by atoms with Crippen molar-refractivity contribution < 1.29 is 13.2 Å². The van der Waals surface area contributed by atoms with E-state index in [1.54, 1.807) is 66.7 Å². The van der Waals surface area contributed by atoms with Crippen molar-refractivity contribution in [2.45, 2.75) is 24.3 Å².